The number of rotatable bonds is 5. The van der Waals surface area contributed by atoms with E-state index in [1.165, 1.54) is 24.8 Å². The third-order valence-electron chi connectivity index (χ3n) is 2.67. The summed E-state index contributed by atoms with van der Waals surface area (Å²) in [5.41, 5.74) is 1.44. The van der Waals surface area contributed by atoms with Gasteiger partial charge in [-0.2, -0.15) is 0 Å². The molecular weight excluding hydrogens is 170 g/mol. The van der Waals surface area contributed by atoms with Gasteiger partial charge in [-0.3, -0.25) is 0 Å². The van der Waals surface area contributed by atoms with Crippen LogP contribution in [-0.2, 0) is 6.42 Å². The van der Waals surface area contributed by atoms with Gasteiger partial charge in [-0.25, -0.2) is 0 Å². The Morgan fingerprint density at radius 3 is 2.29 bits per heavy atom. The quantitative estimate of drug-likeness (QED) is 0.691. The molecule has 1 rings (SSSR count). The van der Waals surface area contributed by atoms with Gasteiger partial charge in [0.15, 0.2) is 0 Å². The van der Waals surface area contributed by atoms with Crippen molar-refractivity contribution in [3.8, 4) is 0 Å². The van der Waals surface area contributed by atoms with Crippen molar-refractivity contribution in [2.24, 2.45) is 0 Å². The van der Waals surface area contributed by atoms with E-state index in [4.69, 9.17) is 0 Å². The van der Waals surface area contributed by atoms with Crippen molar-refractivity contribution in [3.63, 3.8) is 0 Å². The zero-order valence-electron chi connectivity index (χ0n) is 9.53. The fourth-order valence-corrected chi connectivity index (χ4v) is 1.76. The molecule has 0 radical (unpaired) electrons. The van der Waals surface area contributed by atoms with Crippen LogP contribution in [0, 0.1) is 0 Å². The van der Waals surface area contributed by atoms with Crippen LogP contribution in [0.5, 0.6) is 0 Å². The van der Waals surface area contributed by atoms with E-state index in [-0.39, 0.29) is 0 Å². The predicted octanol–water partition coefficient (Wildman–Crippen LogP) is 2.96. The van der Waals surface area contributed by atoms with E-state index < -0.39 is 0 Å². The maximum Gasteiger partial charge on any atom is 0.0129 e. The van der Waals surface area contributed by atoms with Crippen LogP contribution in [0.4, 0.5) is 0 Å². The second kappa shape index (κ2) is 5.82. The highest BCUT2D eigenvalue weighted by molar-refractivity contribution is 5.15. The highest BCUT2D eigenvalue weighted by Gasteiger charge is 2.10. The molecule has 1 nitrogen and oxygen atoms in total. The zero-order valence-corrected chi connectivity index (χ0v) is 9.53. The lowest BCUT2D eigenvalue weighted by Crippen LogP contribution is -2.29. The Labute approximate surface area is 87.7 Å². The molecule has 0 saturated carbocycles. The van der Waals surface area contributed by atoms with Gasteiger partial charge in [0, 0.05) is 6.04 Å². The molecule has 0 saturated heterocycles. The average molecular weight is 191 g/mol. The van der Waals surface area contributed by atoms with Crippen LogP contribution in [0.25, 0.3) is 0 Å². The molecule has 78 valence electrons. The standard InChI is InChI=1S/C13H21N/c1-4-8-13(14(2)3)11-12-9-6-5-7-10-12/h5-7,9-10,13H,4,8,11H2,1-3H3. The van der Waals surface area contributed by atoms with Crippen LogP contribution in [0.3, 0.4) is 0 Å². The first-order valence-electron chi connectivity index (χ1n) is 5.44. The Bertz CT molecular complexity index is 241. The highest BCUT2D eigenvalue weighted by Crippen LogP contribution is 2.11. The summed E-state index contributed by atoms with van der Waals surface area (Å²) in [6, 6.07) is 11.4. The van der Waals surface area contributed by atoms with Crippen LogP contribution in [0.15, 0.2) is 30.3 Å². The fourth-order valence-electron chi connectivity index (χ4n) is 1.76. The van der Waals surface area contributed by atoms with Gasteiger partial charge in [0.25, 0.3) is 0 Å². The summed E-state index contributed by atoms with van der Waals surface area (Å²) in [7, 11) is 4.34. The number of likely N-dealkylation sites (N-methyl/N-ethyl adjacent to an activating group) is 1. The van der Waals surface area contributed by atoms with Crippen LogP contribution in [0.1, 0.15) is 25.3 Å². The van der Waals surface area contributed by atoms with E-state index in [2.05, 4.69) is 56.3 Å². The molecule has 0 fully saturated rings. The van der Waals surface area contributed by atoms with Crippen molar-refractivity contribution in [1.29, 1.82) is 0 Å². The molecular formula is C13H21N. The highest BCUT2D eigenvalue weighted by atomic mass is 15.1. The van der Waals surface area contributed by atoms with E-state index in [0.29, 0.717) is 6.04 Å². The van der Waals surface area contributed by atoms with Crippen molar-refractivity contribution < 1.29 is 0 Å². The van der Waals surface area contributed by atoms with Gasteiger partial charge in [0.2, 0.25) is 0 Å². The summed E-state index contributed by atoms with van der Waals surface area (Å²) in [5, 5.41) is 0. The van der Waals surface area contributed by atoms with Gasteiger partial charge >= 0.3 is 0 Å². The first kappa shape index (κ1) is 11.3. The van der Waals surface area contributed by atoms with E-state index >= 15 is 0 Å². The molecule has 1 aromatic carbocycles. The normalized spacial score (nSPS) is 13.1. The van der Waals surface area contributed by atoms with Crippen molar-refractivity contribution in [3.05, 3.63) is 35.9 Å². The zero-order chi connectivity index (χ0) is 10.4. The molecule has 0 aliphatic rings. The van der Waals surface area contributed by atoms with Crippen molar-refractivity contribution in [1.82, 2.24) is 4.90 Å². The molecule has 1 atom stereocenters. The Balaban J connectivity index is 2.55. The first-order valence-corrected chi connectivity index (χ1v) is 5.44. The van der Waals surface area contributed by atoms with Gasteiger partial charge in [-0.1, -0.05) is 43.7 Å². The topological polar surface area (TPSA) is 3.24 Å². The molecule has 0 bridgehead atoms. The molecule has 1 heteroatoms. The third-order valence-corrected chi connectivity index (χ3v) is 2.67. The van der Waals surface area contributed by atoms with Crippen LogP contribution < -0.4 is 0 Å². The predicted molar refractivity (Wildman–Crippen MR) is 62.5 cm³/mol. The lowest BCUT2D eigenvalue weighted by Gasteiger charge is -2.23. The minimum atomic E-state index is 0.683. The molecule has 0 spiro atoms. The Kier molecular flexibility index (Phi) is 4.68. The Hall–Kier alpha value is -0.820. The summed E-state index contributed by atoms with van der Waals surface area (Å²) in [6.45, 7) is 2.25. The molecule has 1 unspecified atom stereocenters. The summed E-state index contributed by atoms with van der Waals surface area (Å²) in [6.07, 6.45) is 3.71. The lowest BCUT2D eigenvalue weighted by atomic mass is 10.0. The smallest absolute Gasteiger partial charge is 0.0129 e. The Morgan fingerprint density at radius 2 is 1.79 bits per heavy atom. The summed E-state index contributed by atoms with van der Waals surface area (Å²) in [5.74, 6) is 0. The van der Waals surface area contributed by atoms with E-state index in [9.17, 15) is 0 Å². The van der Waals surface area contributed by atoms with E-state index in [1.54, 1.807) is 0 Å². The summed E-state index contributed by atoms with van der Waals surface area (Å²) in [4.78, 5) is 2.33. The molecule has 0 amide bonds. The van der Waals surface area contributed by atoms with Crippen LogP contribution >= 0.6 is 0 Å². The van der Waals surface area contributed by atoms with Crippen molar-refractivity contribution in [2.75, 3.05) is 14.1 Å². The lowest BCUT2D eigenvalue weighted by molar-refractivity contribution is 0.275. The molecule has 0 aromatic heterocycles. The van der Waals surface area contributed by atoms with Gasteiger partial charge in [0.05, 0.1) is 0 Å². The van der Waals surface area contributed by atoms with Crippen LogP contribution in [-0.4, -0.2) is 25.0 Å². The monoisotopic (exact) mass is 191 g/mol. The van der Waals surface area contributed by atoms with Crippen LogP contribution in [0.2, 0.25) is 0 Å². The van der Waals surface area contributed by atoms with E-state index in [0.717, 1.165) is 0 Å². The van der Waals surface area contributed by atoms with Gasteiger partial charge in [-0.05, 0) is 32.5 Å². The van der Waals surface area contributed by atoms with E-state index in [1.807, 2.05) is 0 Å². The third kappa shape index (κ3) is 3.51. The van der Waals surface area contributed by atoms with Crippen molar-refractivity contribution in [2.45, 2.75) is 32.2 Å². The minimum absolute atomic E-state index is 0.683. The first-order chi connectivity index (χ1) is 6.74. The molecule has 14 heavy (non-hydrogen) atoms. The summed E-state index contributed by atoms with van der Waals surface area (Å²) < 4.78 is 0. The molecule has 1 aromatic rings. The number of benzene rings is 1. The second-order valence-corrected chi connectivity index (χ2v) is 4.10. The second-order valence-electron chi connectivity index (χ2n) is 4.10. The number of nitrogens with zero attached hydrogens (tertiary/aromatic N) is 1. The number of hydrogen-bond donors (Lipinski definition) is 0. The Morgan fingerprint density at radius 1 is 1.14 bits per heavy atom. The minimum Gasteiger partial charge on any atom is -0.306 e. The average Bonchev–Trinajstić information content (AvgIpc) is 2.18. The molecule has 0 aliphatic carbocycles. The van der Waals surface area contributed by atoms with Gasteiger partial charge < -0.3 is 4.90 Å². The number of hydrogen-bond acceptors (Lipinski definition) is 1. The molecule has 0 heterocycles. The fraction of sp³-hybridized carbons (Fsp3) is 0.538. The largest absolute Gasteiger partial charge is 0.306 e. The molecule has 0 aliphatic heterocycles. The van der Waals surface area contributed by atoms with Gasteiger partial charge in [0.1, 0.15) is 0 Å². The maximum absolute atomic E-state index is 2.33. The SMILES string of the molecule is CCCC(Cc1ccccc1)N(C)C. The van der Waals surface area contributed by atoms with Gasteiger partial charge in [-0.15, -0.1) is 0 Å². The molecule has 0 N–H and O–H groups in total. The maximum atomic E-state index is 2.33. The van der Waals surface area contributed by atoms with Crippen molar-refractivity contribution >= 4 is 0 Å². The summed E-state index contributed by atoms with van der Waals surface area (Å²) >= 11 is 0.